The Morgan fingerprint density at radius 1 is 1.39 bits per heavy atom. The first-order chi connectivity index (χ1) is 8.28. The number of carbonyl (C=O) groups is 1. The number of hydrogen-bond acceptors (Lipinski definition) is 3. The molecule has 0 bridgehead atoms. The molecule has 7 heteroatoms. The van der Waals surface area contributed by atoms with Gasteiger partial charge in [0.05, 0.1) is 5.92 Å². The predicted molar refractivity (Wildman–Crippen MR) is 60.0 cm³/mol. The van der Waals surface area contributed by atoms with Crippen LogP contribution in [0.15, 0.2) is 24.3 Å². The van der Waals surface area contributed by atoms with Gasteiger partial charge in [0.25, 0.3) is 0 Å². The standard InChI is InChI=1S/C11H13F3N2O2/c1-7(10(15)17)6-16-8-2-4-9(5-3-8)18-11(12,13)14/h2-5,7,16H,6H2,1H3,(H2,15,17). The average molecular weight is 262 g/mol. The van der Waals surface area contributed by atoms with E-state index >= 15 is 0 Å². The molecule has 1 amide bonds. The van der Waals surface area contributed by atoms with E-state index in [-0.39, 0.29) is 11.7 Å². The number of amides is 1. The van der Waals surface area contributed by atoms with Crippen molar-refractivity contribution < 1.29 is 22.7 Å². The maximum atomic E-state index is 11.9. The molecule has 4 nitrogen and oxygen atoms in total. The van der Waals surface area contributed by atoms with Gasteiger partial charge in [-0.1, -0.05) is 6.92 Å². The lowest BCUT2D eigenvalue weighted by molar-refractivity contribution is -0.274. The zero-order valence-corrected chi connectivity index (χ0v) is 9.62. The van der Waals surface area contributed by atoms with E-state index in [0.717, 1.165) is 0 Å². The SMILES string of the molecule is CC(CNc1ccc(OC(F)(F)F)cc1)C(N)=O. The Labute approximate surface area is 102 Å². The van der Waals surface area contributed by atoms with Gasteiger partial charge in [0.1, 0.15) is 5.75 Å². The lowest BCUT2D eigenvalue weighted by Gasteiger charge is -2.12. The fourth-order valence-electron chi connectivity index (χ4n) is 1.15. The van der Waals surface area contributed by atoms with E-state index in [4.69, 9.17) is 5.73 Å². The monoisotopic (exact) mass is 262 g/mol. The number of anilines is 1. The normalized spacial score (nSPS) is 12.9. The number of nitrogens with one attached hydrogen (secondary N) is 1. The van der Waals surface area contributed by atoms with Crippen LogP contribution in [0.25, 0.3) is 0 Å². The van der Waals surface area contributed by atoms with Crippen molar-refractivity contribution in [2.45, 2.75) is 13.3 Å². The van der Waals surface area contributed by atoms with Crippen molar-refractivity contribution in [2.24, 2.45) is 11.7 Å². The van der Waals surface area contributed by atoms with Crippen molar-refractivity contribution in [2.75, 3.05) is 11.9 Å². The highest BCUT2D eigenvalue weighted by atomic mass is 19.4. The molecule has 1 rings (SSSR count). The number of carbonyl (C=O) groups excluding carboxylic acids is 1. The molecule has 18 heavy (non-hydrogen) atoms. The van der Waals surface area contributed by atoms with Crippen LogP contribution in [0.2, 0.25) is 0 Å². The van der Waals surface area contributed by atoms with Gasteiger partial charge in [0.2, 0.25) is 5.91 Å². The molecular weight excluding hydrogens is 249 g/mol. The van der Waals surface area contributed by atoms with Gasteiger partial charge in [-0.2, -0.15) is 0 Å². The van der Waals surface area contributed by atoms with Gasteiger partial charge in [-0.25, -0.2) is 0 Å². The summed E-state index contributed by atoms with van der Waals surface area (Å²) in [4.78, 5) is 10.8. The van der Waals surface area contributed by atoms with Gasteiger partial charge in [-0.3, -0.25) is 4.79 Å². The van der Waals surface area contributed by atoms with Crippen LogP contribution in [-0.2, 0) is 4.79 Å². The Kier molecular flexibility index (Phi) is 4.41. The van der Waals surface area contributed by atoms with E-state index in [1.165, 1.54) is 24.3 Å². The molecular formula is C11H13F3N2O2. The molecule has 0 fully saturated rings. The van der Waals surface area contributed by atoms with Gasteiger partial charge in [0.15, 0.2) is 0 Å². The Morgan fingerprint density at radius 3 is 2.39 bits per heavy atom. The lowest BCUT2D eigenvalue weighted by atomic mass is 10.1. The van der Waals surface area contributed by atoms with Gasteiger partial charge >= 0.3 is 6.36 Å². The van der Waals surface area contributed by atoms with E-state index in [0.29, 0.717) is 12.2 Å². The van der Waals surface area contributed by atoms with Crippen molar-refractivity contribution in [3.8, 4) is 5.75 Å². The molecule has 0 aliphatic carbocycles. The van der Waals surface area contributed by atoms with Gasteiger partial charge < -0.3 is 15.8 Å². The fraction of sp³-hybridized carbons (Fsp3) is 0.364. The molecule has 1 unspecified atom stereocenters. The highest BCUT2D eigenvalue weighted by Crippen LogP contribution is 2.23. The minimum absolute atomic E-state index is 0.295. The largest absolute Gasteiger partial charge is 0.573 e. The summed E-state index contributed by atoms with van der Waals surface area (Å²) in [5, 5.41) is 2.88. The third-order valence-electron chi connectivity index (χ3n) is 2.19. The van der Waals surface area contributed by atoms with Gasteiger partial charge in [-0.15, -0.1) is 13.2 Å². The van der Waals surface area contributed by atoms with Crippen LogP contribution in [0.5, 0.6) is 5.75 Å². The maximum Gasteiger partial charge on any atom is 0.573 e. The summed E-state index contributed by atoms with van der Waals surface area (Å²) in [6.07, 6.45) is -4.70. The Hall–Kier alpha value is -1.92. The zero-order valence-electron chi connectivity index (χ0n) is 9.62. The third-order valence-corrected chi connectivity index (χ3v) is 2.19. The zero-order chi connectivity index (χ0) is 13.8. The Bertz CT molecular complexity index is 404. The number of ether oxygens (including phenoxy) is 1. The summed E-state index contributed by atoms with van der Waals surface area (Å²) < 4.78 is 39.4. The first kappa shape index (κ1) is 14.1. The van der Waals surface area contributed by atoms with Crippen LogP contribution in [-0.4, -0.2) is 18.8 Å². The molecule has 0 radical (unpaired) electrons. The summed E-state index contributed by atoms with van der Waals surface area (Å²) in [6, 6.07) is 5.22. The van der Waals surface area contributed by atoms with Crippen LogP contribution >= 0.6 is 0 Å². The first-order valence-electron chi connectivity index (χ1n) is 5.17. The number of alkyl halides is 3. The number of halogens is 3. The topological polar surface area (TPSA) is 64.3 Å². The minimum Gasteiger partial charge on any atom is -0.406 e. The molecule has 0 aromatic heterocycles. The molecule has 1 aromatic carbocycles. The van der Waals surface area contributed by atoms with E-state index in [9.17, 15) is 18.0 Å². The van der Waals surface area contributed by atoms with Crippen LogP contribution in [0, 0.1) is 5.92 Å². The van der Waals surface area contributed by atoms with Crippen LogP contribution in [0.4, 0.5) is 18.9 Å². The molecule has 0 heterocycles. The lowest BCUT2D eigenvalue weighted by Crippen LogP contribution is -2.26. The van der Waals surface area contributed by atoms with E-state index < -0.39 is 12.3 Å². The molecule has 1 atom stereocenters. The number of hydrogen-bond donors (Lipinski definition) is 2. The van der Waals surface area contributed by atoms with Crippen LogP contribution in [0.3, 0.4) is 0 Å². The van der Waals surface area contributed by atoms with E-state index in [1.807, 2.05) is 0 Å². The third kappa shape index (κ3) is 4.94. The van der Waals surface area contributed by atoms with Crippen molar-refractivity contribution in [3.63, 3.8) is 0 Å². The molecule has 0 aliphatic heterocycles. The number of benzene rings is 1. The number of nitrogens with two attached hydrogens (primary N) is 1. The number of rotatable bonds is 5. The summed E-state index contributed by atoms with van der Waals surface area (Å²) in [5.74, 6) is -1.10. The molecule has 3 N–H and O–H groups in total. The molecule has 100 valence electrons. The van der Waals surface area contributed by atoms with Crippen molar-refractivity contribution in [1.82, 2.24) is 0 Å². The van der Waals surface area contributed by atoms with Crippen LogP contribution in [0.1, 0.15) is 6.92 Å². The molecule has 0 saturated carbocycles. The number of primary amides is 1. The Balaban J connectivity index is 2.53. The Morgan fingerprint density at radius 2 is 1.94 bits per heavy atom. The smallest absolute Gasteiger partial charge is 0.406 e. The molecule has 1 aromatic rings. The first-order valence-corrected chi connectivity index (χ1v) is 5.17. The highest BCUT2D eigenvalue weighted by Gasteiger charge is 2.30. The second-order valence-electron chi connectivity index (χ2n) is 3.76. The maximum absolute atomic E-state index is 11.9. The molecule has 0 aliphatic rings. The van der Waals surface area contributed by atoms with E-state index in [1.54, 1.807) is 6.92 Å². The predicted octanol–water partition coefficient (Wildman–Crippen LogP) is 2.12. The summed E-state index contributed by atoms with van der Waals surface area (Å²) >= 11 is 0. The van der Waals surface area contributed by atoms with E-state index in [2.05, 4.69) is 10.1 Å². The van der Waals surface area contributed by atoms with Crippen molar-refractivity contribution >= 4 is 11.6 Å². The summed E-state index contributed by atoms with van der Waals surface area (Å²) in [7, 11) is 0. The second kappa shape index (κ2) is 5.61. The van der Waals surface area contributed by atoms with Crippen molar-refractivity contribution in [1.29, 1.82) is 0 Å². The molecule has 0 saturated heterocycles. The fourth-order valence-corrected chi connectivity index (χ4v) is 1.15. The minimum atomic E-state index is -4.70. The quantitative estimate of drug-likeness (QED) is 0.854. The highest BCUT2D eigenvalue weighted by molar-refractivity contribution is 5.76. The van der Waals surface area contributed by atoms with Crippen LogP contribution < -0.4 is 15.8 Å². The molecule has 0 spiro atoms. The van der Waals surface area contributed by atoms with Gasteiger partial charge in [0, 0.05) is 12.2 Å². The summed E-state index contributed by atoms with van der Waals surface area (Å²) in [5.41, 5.74) is 5.65. The second-order valence-corrected chi connectivity index (χ2v) is 3.76. The van der Waals surface area contributed by atoms with Crippen molar-refractivity contribution in [3.05, 3.63) is 24.3 Å². The summed E-state index contributed by atoms with van der Waals surface area (Å²) in [6.45, 7) is 1.96. The average Bonchev–Trinajstić information content (AvgIpc) is 2.25. The van der Waals surface area contributed by atoms with Gasteiger partial charge in [-0.05, 0) is 24.3 Å².